The molecule has 1 aliphatic carbocycles. The molecule has 0 unspecified atom stereocenters. The number of nitrogens with zero attached hydrogens (tertiary/aromatic N) is 1. The van der Waals surface area contributed by atoms with Crippen LogP contribution in [-0.4, -0.2) is 17.1 Å². The van der Waals surface area contributed by atoms with E-state index in [0.29, 0.717) is 5.92 Å². The summed E-state index contributed by atoms with van der Waals surface area (Å²) in [6.07, 6.45) is 6.63. The predicted octanol–water partition coefficient (Wildman–Crippen LogP) is 3.01. The number of rotatable bonds is 2. The third-order valence-corrected chi connectivity index (χ3v) is 3.10. The zero-order valence-corrected chi connectivity index (χ0v) is 9.23. The number of hydrogen-bond acceptors (Lipinski definition) is 2. The van der Waals surface area contributed by atoms with Gasteiger partial charge in [0.25, 0.3) is 0 Å². The molecule has 2 aromatic rings. The summed E-state index contributed by atoms with van der Waals surface area (Å²) in [5, 5.41) is 0. The number of ether oxygens (including phenoxy) is 1. The number of benzene rings is 1. The lowest BCUT2D eigenvalue weighted by atomic mass is 10.1. The van der Waals surface area contributed by atoms with Crippen molar-refractivity contribution in [2.75, 3.05) is 7.11 Å². The zero-order valence-electron chi connectivity index (χ0n) is 9.23. The topological polar surface area (TPSA) is 37.9 Å². The van der Waals surface area contributed by atoms with E-state index in [4.69, 9.17) is 4.74 Å². The SMILES string of the molecule is COc1ccc2nc(C3CC=CC3)[nH]c2c1. The number of hydrogen-bond donors (Lipinski definition) is 1. The Balaban J connectivity index is 2.01. The van der Waals surface area contributed by atoms with Gasteiger partial charge in [-0.05, 0) is 25.0 Å². The van der Waals surface area contributed by atoms with Crippen LogP contribution in [0.4, 0.5) is 0 Å². The molecule has 1 aromatic heterocycles. The van der Waals surface area contributed by atoms with Crippen LogP contribution in [0.1, 0.15) is 24.6 Å². The number of fused-ring (bicyclic) bond motifs is 1. The molecule has 0 amide bonds. The van der Waals surface area contributed by atoms with Crippen LogP contribution in [0.5, 0.6) is 5.75 Å². The second-order valence-electron chi connectivity index (χ2n) is 4.14. The predicted molar refractivity (Wildman–Crippen MR) is 63.8 cm³/mol. The molecule has 0 bridgehead atoms. The Morgan fingerprint density at radius 3 is 2.88 bits per heavy atom. The normalized spacial score (nSPS) is 16.1. The quantitative estimate of drug-likeness (QED) is 0.780. The molecule has 0 atom stereocenters. The molecule has 0 saturated heterocycles. The molecule has 1 heterocycles. The molecule has 16 heavy (non-hydrogen) atoms. The van der Waals surface area contributed by atoms with E-state index >= 15 is 0 Å². The molecule has 3 rings (SSSR count). The van der Waals surface area contributed by atoms with Gasteiger partial charge >= 0.3 is 0 Å². The third kappa shape index (κ3) is 1.48. The zero-order chi connectivity index (χ0) is 11.0. The van der Waals surface area contributed by atoms with Crippen molar-refractivity contribution in [1.29, 1.82) is 0 Å². The van der Waals surface area contributed by atoms with Gasteiger partial charge in [0.2, 0.25) is 0 Å². The van der Waals surface area contributed by atoms with Crippen molar-refractivity contribution in [2.45, 2.75) is 18.8 Å². The number of H-pyrrole nitrogens is 1. The fourth-order valence-electron chi connectivity index (χ4n) is 2.17. The average molecular weight is 214 g/mol. The van der Waals surface area contributed by atoms with Crippen LogP contribution in [0.25, 0.3) is 11.0 Å². The molecule has 82 valence electrons. The molecule has 1 aromatic carbocycles. The van der Waals surface area contributed by atoms with Gasteiger partial charge in [-0.2, -0.15) is 0 Å². The summed E-state index contributed by atoms with van der Waals surface area (Å²) in [6, 6.07) is 5.94. The molecule has 0 saturated carbocycles. The highest BCUT2D eigenvalue weighted by Crippen LogP contribution is 2.29. The van der Waals surface area contributed by atoms with Crippen molar-refractivity contribution in [3.8, 4) is 5.75 Å². The monoisotopic (exact) mass is 214 g/mol. The van der Waals surface area contributed by atoms with Gasteiger partial charge in [0.05, 0.1) is 18.1 Å². The largest absolute Gasteiger partial charge is 0.497 e. The lowest BCUT2D eigenvalue weighted by molar-refractivity contribution is 0.415. The Kier molecular flexibility index (Phi) is 2.17. The van der Waals surface area contributed by atoms with Crippen molar-refractivity contribution >= 4 is 11.0 Å². The van der Waals surface area contributed by atoms with E-state index in [0.717, 1.165) is 35.4 Å². The minimum absolute atomic E-state index is 0.526. The van der Waals surface area contributed by atoms with Gasteiger partial charge in [-0.3, -0.25) is 0 Å². The number of methoxy groups -OCH3 is 1. The Morgan fingerprint density at radius 1 is 1.31 bits per heavy atom. The Morgan fingerprint density at radius 2 is 2.12 bits per heavy atom. The number of aromatic amines is 1. The standard InChI is InChI=1S/C13H14N2O/c1-16-10-6-7-11-12(8-10)15-13(14-11)9-4-2-3-5-9/h2-3,6-9H,4-5H2,1H3,(H,14,15). The van der Waals surface area contributed by atoms with Crippen molar-refractivity contribution in [3.05, 3.63) is 36.2 Å². The fraction of sp³-hybridized carbons (Fsp3) is 0.308. The number of allylic oxidation sites excluding steroid dienone is 2. The first-order valence-electron chi connectivity index (χ1n) is 5.55. The van der Waals surface area contributed by atoms with Gasteiger partial charge < -0.3 is 9.72 Å². The van der Waals surface area contributed by atoms with Gasteiger partial charge in [-0.15, -0.1) is 0 Å². The van der Waals surface area contributed by atoms with Crippen LogP contribution >= 0.6 is 0 Å². The first kappa shape index (κ1) is 9.46. The van der Waals surface area contributed by atoms with Crippen LogP contribution in [-0.2, 0) is 0 Å². The molecule has 3 nitrogen and oxygen atoms in total. The molecule has 0 aliphatic heterocycles. The first-order chi connectivity index (χ1) is 7.86. The van der Waals surface area contributed by atoms with Gasteiger partial charge in [0.1, 0.15) is 11.6 Å². The number of nitrogens with one attached hydrogen (secondary N) is 1. The summed E-state index contributed by atoms with van der Waals surface area (Å²) in [6.45, 7) is 0. The lowest BCUT2D eigenvalue weighted by Crippen LogP contribution is -1.94. The maximum absolute atomic E-state index is 5.20. The lowest BCUT2D eigenvalue weighted by Gasteiger charge is -2.02. The van der Waals surface area contributed by atoms with Crippen molar-refractivity contribution in [3.63, 3.8) is 0 Å². The van der Waals surface area contributed by atoms with Gasteiger partial charge in [-0.25, -0.2) is 4.98 Å². The van der Waals surface area contributed by atoms with Crippen molar-refractivity contribution in [2.24, 2.45) is 0 Å². The molecule has 0 fully saturated rings. The molecule has 0 spiro atoms. The number of imidazole rings is 1. The van der Waals surface area contributed by atoms with Gasteiger partial charge in [-0.1, -0.05) is 12.2 Å². The van der Waals surface area contributed by atoms with Crippen molar-refractivity contribution < 1.29 is 4.74 Å². The molecule has 1 N–H and O–H groups in total. The highest BCUT2D eigenvalue weighted by molar-refractivity contribution is 5.76. The Hall–Kier alpha value is -1.77. The van der Waals surface area contributed by atoms with Gasteiger partial charge in [0, 0.05) is 12.0 Å². The molecule has 3 heteroatoms. The highest BCUT2D eigenvalue weighted by Gasteiger charge is 2.16. The van der Waals surface area contributed by atoms with Crippen LogP contribution in [0, 0.1) is 0 Å². The van der Waals surface area contributed by atoms with E-state index in [1.54, 1.807) is 7.11 Å². The molecule has 0 radical (unpaired) electrons. The van der Waals surface area contributed by atoms with Crippen LogP contribution in [0.3, 0.4) is 0 Å². The summed E-state index contributed by atoms with van der Waals surface area (Å²) in [4.78, 5) is 8.00. The smallest absolute Gasteiger partial charge is 0.121 e. The summed E-state index contributed by atoms with van der Waals surface area (Å²) in [7, 11) is 1.68. The van der Waals surface area contributed by atoms with Gasteiger partial charge in [0.15, 0.2) is 0 Å². The summed E-state index contributed by atoms with van der Waals surface area (Å²) < 4.78 is 5.20. The maximum Gasteiger partial charge on any atom is 0.121 e. The van der Waals surface area contributed by atoms with Crippen LogP contribution in [0.15, 0.2) is 30.4 Å². The molecular formula is C13H14N2O. The Labute approximate surface area is 94.1 Å². The highest BCUT2D eigenvalue weighted by atomic mass is 16.5. The second kappa shape index (κ2) is 3.67. The maximum atomic E-state index is 5.20. The van der Waals surface area contributed by atoms with E-state index in [1.807, 2.05) is 18.2 Å². The van der Waals surface area contributed by atoms with E-state index in [-0.39, 0.29) is 0 Å². The fourth-order valence-corrected chi connectivity index (χ4v) is 2.17. The summed E-state index contributed by atoms with van der Waals surface area (Å²) >= 11 is 0. The van der Waals surface area contributed by atoms with Crippen LogP contribution < -0.4 is 4.74 Å². The minimum atomic E-state index is 0.526. The summed E-state index contributed by atoms with van der Waals surface area (Å²) in [5.74, 6) is 2.49. The molecule has 1 aliphatic rings. The third-order valence-electron chi connectivity index (χ3n) is 3.10. The summed E-state index contributed by atoms with van der Waals surface area (Å²) in [5.41, 5.74) is 2.07. The second-order valence-corrected chi connectivity index (χ2v) is 4.14. The van der Waals surface area contributed by atoms with E-state index in [9.17, 15) is 0 Å². The number of aromatic nitrogens is 2. The molecular weight excluding hydrogens is 200 g/mol. The first-order valence-corrected chi connectivity index (χ1v) is 5.55. The van der Waals surface area contributed by atoms with E-state index in [2.05, 4.69) is 22.1 Å². The Bertz CT molecular complexity index is 534. The van der Waals surface area contributed by atoms with Crippen LogP contribution in [0.2, 0.25) is 0 Å². The van der Waals surface area contributed by atoms with E-state index in [1.165, 1.54) is 0 Å². The van der Waals surface area contributed by atoms with E-state index < -0.39 is 0 Å². The average Bonchev–Trinajstić information content (AvgIpc) is 2.96. The van der Waals surface area contributed by atoms with Crippen molar-refractivity contribution in [1.82, 2.24) is 9.97 Å². The minimum Gasteiger partial charge on any atom is -0.497 e.